The molecule has 1 saturated heterocycles. The Bertz CT molecular complexity index is 601. The number of aromatic nitrogens is 2. The third-order valence-corrected chi connectivity index (χ3v) is 3.33. The van der Waals surface area contributed by atoms with E-state index in [-0.39, 0.29) is 0 Å². The largest absolute Gasteiger partial charge is 0.480 e. The fraction of sp³-hybridized carbons (Fsp3) is 0.545. The van der Waals surface area contributed by atoms with E-state index in [1.54, 1.807) is 4.90 Å². The van der Waals surface area contributed by atoms with Crippen LogP contribution in [0.4, 0.5) is 5.82 Å². The van der Waals surface area contributed by atoms with Gasteiger partial charge in [0.15, 0.2) is 0 Å². The highest BCUT2D eigenvalue weighted by Crippen LogP contribution is 2.23. The van der Waals surface area contributed by atoms with Crippen LogP contribution >= 0.6 is 0 Å². The van der Waals surface area contributed by atoms with E-state index >= 15 is 0 Å². The van der Waals surface area contributed by atoms with Gasteiger partial charge in [-0.1, -0.05) is 0 Å². The summed E-state index contributed by atoms with van der Waals surface area (Å²) in [6, 6.07) is 0.644. The van der Waals surface area contributed by atoms with Crippen molar-refractivity contribution in [2.24, 2.45) is 14.1 Å². The van der Waals surface area contributed by atoms with E-state index < -0.39 is 23.3 Å². The molecule has 0 amide bonds. The maximum Gasteiger partial charge on any atom is 0.332 e. The molecule has 1 atom stereocenters. The fourth-order valence-electron chi connectivity index (χ4n) is 2.29. The number of aliphatic carboxylic acids is 1. The second-order valence-electron chi connectivity index (χ2n) is 4.43. The lowest BCUT2D eigenvalue weighted by molar-refractivity contribution is -0.138. The van der Waals surface area contributed by atoms with Gasteiger partial charge in [0.25, 0.3) is 5.56 Å². The molecule has 0 radical (unpaired) electrons. The topological polar surface area (TPSA) is 84.5 Å². The first-order valence-electron chi connectivity index (χ1n) is 5.70. The summed E-state index contributed by atoms with van der Waals surface area (Å²) in [7, 11) is 2.93. The SMILES string of the molecule is Cn1c(N2CCC[C@@H]2C(=O)O)cc(=O)n(C)c1=O. The van der Waals surface area contributed by atoms with Crippen molar-refractivity contribution < 1.29 is 9.90 Å². The average molecular weight is 253 g/mol. The summed E-state index contributed by atoms with van der Waals surface area (Å²) in [6.45, 7) is 0.539. The van der Waals surface area contributed by atoms with Crippen LogP contribution in [0.25, 0.3) is 0 Å². The van der Waals surface area contributed by atoms with E-state index in [0.717, 1.165) is 11.0 Å². The third kappa shape index (κ3) is 1.81. The van der Waals surface area contributed by atoms with Gasteiger partial charge in [-0.2, -0.15) is 0 Å². The first kappa shape index (κ1) is 12.4. The highest BCUT2D eigenvalue weighted by molar-refractivity contribution is 5.78. The molecule has 0 bridgehead atoms. The zero-order valence-corrected chi connectivity index (χ0v) is 10.3. The lowest BCUT2D eigenvalue weighted by atomic mass is 10.2. The quantitative estimate of drug-likeness (QED) is 0.741. The van der Waals surface area contributed by atoms with Crippen LogP contribution in [0.3, 0.4) is 0 Å². The van der Waals surface area contributed by atoms with Crippen molar-refractivity contribution in [1.82, 2.24) is 9.13 Å². The Morgan fingerprint density at radius 3 is 2.61 bits per heavy atom. The van der Waals surface area contributed by atoms with Crippen LogP contribution in [-0.2, 0) is 18.9 Å². The zero-order chi connectivity index (χ0) is 13.4. The Balaban J connectivity index is 2.55. The van der Waals surface area contributed by atoms with Gasteiger partial charge in [0.1, 0.15) is 11.9 Å². The van der Waals surface area contributed by atoms with Crippen molar-refractivity contribution in [2.45, 2.75) is 18.9 Å². The van der Waals surface area contributed by atoms with Gasteiger partial charge in [0.05, 0.1) is 0 Å². The monoisotopic (exact) mass is 253 g/mol. The molecule has 1 N–H and O–H groups in total. The van der Waals surface area contributed by atoms with Crippen molar-refractivity contribution in [3.63, 3.8) is 0 Å². The van der Waals surface area contributed by atoms with Crippen molar-refractivity contribution in [2.75, 3.05) is 11.4 Å². The molecule has 1 aromatic heterocycles. The van der Waals surface area contributed by atoms with Gasteiger partial charge in [-0.05, 0) is 12.8 Å². The summed E-state index contributed by atoms with van der Waals surface area (Å²) in [5.41, 5.74) is -0.877. The van der Waals surface area contributed by atoms with Crippen LogP contribution in [0, 0.1) is 0 Å². The van der Waals surface area contributed by atoms with Crippen molar-refractivity contribution >= 4 is 11.8 Å². The normalized spacial score (nSPS) is 19.2. The Hall–Kier alpha value is -2.05. The summed E-state index contributed by atoms with van der Waals surface area (Å²) < 4.78 is 2.30. The second-order valence-corrected chi connectivity index (χ2v) is 4.43. The number of nitrogens with zero attached hydrogens (tertiary/aromatic N) is 3. The minimum absolute atomic E-state index is 0.369. The number of hydrogen-bond acceptors (Lipinski definition) is 4. The first-order chi connectivity index (χ1) is 8.43. The highest BCUT2D eigenvalue weighted by Gasteiger charge is 2.32. The van der Waals surface area contributed by atoms with Gasteiger partial charge in [-0.3, -0.25) is 13.9 Å². The van der Waals surface area contributed by atoms with E-state index in [4.69, 9.17) is 5.11 Å². The Morgan fingerprint density at radius 2 is 2.00 bits per heavy atom. The summed E-state index contributed by atoms with van der Waals surface area (Å²) in [6.07, 6.45) is 1.26. The molecule has 1 aliphatic rings. The number of hydrogen-bond donors (Lipinski definition) is 1. The molecule has 18 heavy (non-hydrogen) atoms. The molecule has 2 rings (SSSR count). The van der Waals surface area contributed by atoms with Crippen molar-refractivity contribution in [3.8, 4) is 0 Å². The molecule has 0 spiro atoms. The van der Waals surface area contributed by atoms with Crippen LogP contribution in [0.1, 0.15) is 12.8 Å². The Kier molecular flexibility index (Phi) is 2.98. The number of carboxylic acids is 1. The summed E-state index contributed by atoms with van der Waals surface area (Å²) in [5, 5.41) is 9.12. The zero-order valence-electron chi connectivity index (χ0n) is 10.3. The lowest BCUT2D eigenvalue weighted by Gasteiger charge is -2.25. The van der Waals surface area contributed by atoms with Crippen LogP contribution in [0.5, 0.6) is 0 Å². The highest BCUT2D eigenvalue weighted by atomic mass is 16.4. The molecule has 0 aromatic carbocycles. The maximum absolute atomic E-state index is 11.8. The van der Waals surface area contributed by atoms with E-state index in [1.807, 2.05) is 0 Å². The van der Waals surface area contributed by atoms with E-state index in [2.05, 4.69) is 0 Å². The summed E-state index contributed by atoms with van der Waals surface area (Å²) in [4.78, 5) is 36.1. The first-order valence-corrected chi connectivity index (χ1v) is 5.70. The molecular weight excluding hydrogens is 238 g/mol. The molecule has 0 aliphatic carbocycles. The molecular formula is C11H15N3O4. The molecule has 2 heterocycles. The van der Waals surface area contributed by atoms with Crippen LogP contribution in [0.2, 0.25) is 0 Å². The molecule has 7 heteroatoms. The summed E-state index contributed by atoms with van der Waals surface area (Å²) >= 11 is 0. The fourth-order valence-corrected chi connectivity index (χ4v) is 2.29. The van der Waals surface area contributed by atoms with Gasteiger partial charge < -0.3 is 10.0 Å². The summed E-state index contributed by atoms with van der Waals surface area (Å²) in [5.74, 6) is -0.561. The predicted molar refractivity (Wildman–Crippen MR) is 64.9 cm³/mol. The second kappa shape index (κ2) is 4.32. The van der Waals surface area contributed by atoms with Crippen molar-refractivity contribution in [3.05, 3.63) is 26.9 Å². The van der Waals surface area contributed by atoms with E-state index in [0.29, 0.717) is 18.8 Å². The van der Waals surface area contributed by atoms with Crippen LogP contribution < -0.4 is 16.1 Å². The molecule has 1 fully saturated rings. The number of carbonyl (C=O) groups is 1. The molecule has 1 aliphatic heterocycles. The van der Waals surface area contributed by atoms with E-state index in [1.165, 1.54) is 24.7 Å². The van der Waals surface area contributed by atoms with Gasteiger partial charge >= 0.3 is 11.7 Å². The molecule has 98 valence electrons. The van der Waals surface area contributed by atoms with Crippen LogP contribution in [0.15, 0.2) is 15.7 Å². The van der Waals surface area contributed by atoms with Crippen molar-refractivity contribution in [1.29, 1.82) is 0 Å². The standard InChI is InChI=1S/C11H15N3O4/c1-12-8(6-9(15)13(2)11(12)18)14-5-3-4-7(14)10(16)17/h6-7H,3-5H2,1-2H3,(H,16,17)/t7-/m1/s1. The number of carboxylic acid groups (broad SMARTS) is 1. The van der Waals surface area contributed by atoms with Crippen LogP contribution in [-0.4, -0.2) is 32.8 Å². The Morgan fingerprint density at radius 1 is 1.33 bits per heavy atom. The molecule has 0 unspecified atom stereocenters. The predicted octanol–water partition coefficient (Wildman–Crippen LogP) is -0.863. The van der Waals surface area contributed by atoms with Gasteiger partial charge in [0, 0.05) is 26.7 Å². The molecule has 7 nitrogen and oxygen atoms in total. The lowest BCUT2D eigenvalue weighted by Crippen LogP contribution is -2.43. The van der Waals surface area contributed by atoms with Gasteiger partial charge in [0.2, 0.25) is 0 Å². The third-order valence-electron chi connectivity index (χ3n) is 3.33. The minimum atomic E-state index is -0.930. The number of anilines is 1. The maximum atomic E-state index is 11.8. The Labute approximate surface area is 103 Å². The van der Waals surface area contributed by atoms with Gasteiger partial charge in [-0.15, -0.1) is 0 Å². The van der Waals surface area contributed by atoms with E-state index in [9.17, 15) is 14.4 Å². The molecule has 0 saturated carbocycles. The smallest absolute Gasteiger partial charge is 0.332 e. The van der Waals surface area contributed by atoms with Gasteiger partial charge in [-0.25, -0.2) is 9.59 Å². The minimum Gasteiger partial charge on any atom is -0.480 e. The average Bonchev–Trinajstić information content (AvgIpc) is 2.80. The number of rotatable bonds is 2. The molecule has 1 aromatic rings.